The van der Waals surface area contributed by atoms with Crippen LogP contribution < -0.4 is 0 Å². The Balaban J connectivity index is 1.25. The quantitative estimate of drug-likeness (QED) is 0.796. The molecule has 0 radical (unpaired) electrons. The Morgan fingerprint density at radius 2 is 2.25 bits per heavy atom. The number of likely N-dealkylation sites (N-methyl/N-ethyl adjacent to an activating group) is 1. The third kappa shape index (κ3) is 3.85. The molecular formula is C19H30N2O3. The number of nitrogens with zero attached hydrogens (tertiary/aromatic N) is 2. The fraction of sp³-hybridized carbons (Fsp3) is 0.789. The highest BCUT2D eigenvalue weighted by molar-refractivity contribution is 4.98. The van der Waals surface area contributed by atoms with Gasteiger partial charge in [-0.1, -0.05) is 0 Å². The minimum Gasteiger partial charge on any atom is -0.468 e. The molecule has 0 unspecified atom stereocenters. The highest BCUT2D eigenvalue weighted by atomic mass is 16.5. The van der Waals surface area contributed by atoms with E-state index in [1.165, 1.54) is 32.5 Å². The number of hydrogen-bond donors (Lipinski definition) is 0. The average molecular weight is 334 g/mol. The van der Waals surface area contributed by atoms with Gasteiger partial charge < -0.3 is 18.8 Å². The van der Waals surface area contributed by atoms with Crippen molar-refractivity contribution in [3.05, 3.63) is 24.2 Å². The van der Waals surface area contributed by atoms with E-state index in [1.807, 2.05) is 12.1 Å². The van der Waals surface area contributed by atoms with E-state index in [2.05, 4.69) is 16.8 Å². The van der Waals surface area contributed by atoms with Crippen LogP contribution in [0.3, 0.4) is 0 Å². The van der Waals surface area contributed by atoms with Crippen molar-refractivity contribution in [2.75, 3.05) is 53.0 Å². The number of rotatable bonds is 6. The smallest absolute Gasteiger partial charge is 0.117 e. The summed E-state index contributed by atoms with van der Waals surface area (Å²) in [5.41, 5.74) is 0. The van der Waals surface area contributed by atoms with Gasteiger partial charge in [-0.3, -0.25) is 4.90 Å². The van der Waals surface area contributed by atoms with Gasteiger partial charge in [-0.25, -0.2) is 0 Å². The van der Waals surface area contributed by atoms with Gasteiger partial charge in [-0.15, -0.1) is 0 Å². The monoisotopic (exact) mass is 334 g/mol. The molecule has 4 heterocycles. The Morgan fingerprint density at radius 1 is 1.29 bits per heavy atom. The minimum absolute atomic E-state index is 0.381. The zero-order valence-electron chi connectivity index (χ0n) is 14.7. The van der Waals surface area contributed by atoms with Crippen molar-refractivity contribution in [3.8, 4) is 0 Å². The maximum atomic E-state index is 6.18. The van der Waals surface area contributed by atoms with Gasteiger partial charge in [0.1, 0.15) is 5.76 Å². The van der Waals surface area contributed by atoms with Crippen LogP contribution in [0.15, 0.2) is 22.8 Å². The maximum Gasteiger partial charge on any atom is 0.117 e. The summed E-state index contributed by atoms with van der Waals surface area (Å²) < 4.78 is 17.2. The summed E-state index contributed by atoms with van der Waals surface area (Å²) in [6.45, 7) is 8.35. The predicted molar refractivity (Wildman–Crippen MR) is 91.7 cm³/mol. The van der Waals surface area contributed by atoms with E-state index in [4.69, 9.17) is 13.9 Å². The van der Waals surface area contributed by atoms with Crippen LogP contribution in [0.4, 0.5) is 0 Å². The van der Waals surface area contributed by atoms with Gasteiger partial charge in [-0.2, -0.15) is 0 Å². The molecule has 3 aliphatic heterocycles. The Hall–Kier alpha value is -0.880. The molecule has 4 rings (SSSR count). The number of piperidine rings is 1. The molecule has 3 aliphatic rings. The molecular weight excluding hydrogens is 304 g/mol. The van der Waals surface area contributed by atoms with Gasteiger partial charge in [0.2, 0.25) is 0 Å². The zero-order chi connectivity index (χ0) is 16.4. The third-order valence-electron chi connectivity index (χ3n) is 5.92. The number of furan rings is 1. The third-order valence-corrected chi connectivity index (χ3v) is 5.92. The second-order valence-corrected chi connectivity index (χ2v) is 7.85. The van der Waals surface area contributed by atoms with E-state index in [0.717, 1.165) is 50.5 Å². The molecule has 5 nitrogen and oxygen atoms in total. The Kier molecular flexibility index (Phi) is 5.22. The first kappa shape index (κ1) is 16.6. The van der Waals surface area contributed by atoms with Crippen molar-refractivity contribution in [1.82, 2.24) is 9.80 Å². The van der Waals surface area contributed by atoms with Crippen LogP contribution in [0.1, 0.15) is 18.6 Å². The summed E-state index contributed by atoms with van der Waals surface area (Å²) >= 11 is 0. The lowest BCUT2D eigenvalue weighted by Gasteiger charge is -2.37. The fourth-order valence-electron chi connectivity index (χ4n) is 4.65. The van der Waals surface area contributed by atoms with Crippen LogP contribution in [0.2, 0.25) is 0 Å². The maximum absolute atomic E-state index is 6.18. The summed E-state index contributed by atoms with van der Waals surface area (Å²) in [5.74, 6) is 3.21. The number of ether oxygens (including phenoxy) is 2. The molecule has 4 atom stereocenters. The summed E-state index contributed by atoms with van der Waals surface area (Å²) in [5, 5.41) is 0. The van der Waals surface area contributed by atoms with Crippen molar-refractivity contribution in [3.63, 3.8) is 0 Å². The summed E-state index contributed by atoms with van der Waals surface area (Å²) in [4.78, 5) is 4.98. The second-order valence-electron chi connectivity index (χ2n) is 7.85. The van der Waals surface area contributed by atoms with Crippen molar-refractivity contribution in [1.29, 1.82) is 0 Å². The van der Waals surface area contributed by atoms with Crippen molar-refractivity contribution in [2.45, 2.75) is 25.5 Å². The van der Waals surface area contributed by atoms with Crippen molar-refractivity contribution >= 4 is 0 Å². The number of likely N-dealkylation sites (tertiary alicyclic amines) is 1. The molecule has 0 bridgehead atoms. The highest BCUT2D eigenvalue weighted by Crippen LogP contribution is 2.35. The van der Waals surface area contributed by atoms with Crippen LogP contribution in [0, 0.1) is 17.8 Å². The standard InChI is InChI=1S/C19H30N2O3/c1-20(11-17-3-2-7-23-17)12-19-18-4-6-21(10-16(18)14-24-19)9-15-5-8-22-13-15/h2-3,7,15-16,18-19H,4-6,8-14H2,1H3/t15-,16+,18+,19-/m0/s1. The van der Waals surface area contributed by atoms with Gasteiger partial charge in [0.25, 0.3) is 0 Å². The summed E-state index contributed by atoms with van der Waals surface area (Å²) in [6, 6.07) is 4.00. The van der Waals surface area contributed by atoms with Crippen LogP contribution in [0.25, 0.3) is 0 Å². The molecule has 0 amide bonds. The van der Waals surface area contributed by atoms with Gasteiger partial charge in [0.15, 0.2) is 0 Å². The van der Waals surface area contributed by atoms with E-state index in [0.29, 0.717) is 12.0 Å². The number of fused-ring (bicyclic) bond motifs is 1. The molecule has 0 aromatic carbocycles. The van der Waals surface area contributed by atoms with E-state index in [-0.39, 0.29) is 0 Å². The molecule has 24 heavy (non-hydrogen) atoms. The molecule has 0 saturated carbocycles. The molecule has 1 aromatic rings. The van der Waals surface area contributed by atoms with Crippen molar-refractivity contribution in [2.24, 2.45) is 17.8 Å². The van der Waals surface area contributed by atoms with Crippen LogP contribution in [-0.2, 0) is 16.0 Å². The van der Waals surface area contributed by atoms with Crippen molar-refractivity contribution < 1.29 is 13.9 Å². The largest absolute Gasteiger partial charge is 0.468 e. The lowest BCUT2D eigenvalue weighted by molar-refractivity contribution is 0.0526. The Bertz CT molecular complexity index is 501. The minimum atomic E-state index is 0.381. The highest BCUT2D eigenvalue weighted by Gasteiger charge is 2.41. The first-order valence-electron chi connectivity index (χ1n) is 9.40. The molecule has 1 aromatic heterocycles. The SMILES string of the molecule is CN(Cc1ccco1)C[C@@H]1OC[C@H]2CN(C[C@@H]3CCOC3)CC[C@H]21. The molecule has 3 fully saturated rings. The van der Waals surface area contributed by atoms with E-state index in [1.54, 1.807) is 6.26 Å². The van der Waals surface area contributed by atoms with Crippen LogP contribution >= 0.6 is 0 Å². The fourth-order valence-corrected chi connectivity index (χ4v) is 4.65. The molecule has 0 N–H and O–H groups in total. The molecule has 5 heteroatoms. The zero-order valence-corrected chi connectivity index (χ0v) is 14.7. The van der Waals surface area contributed by atoms with Crippen LogP contribution in [-0.4, -0.2) is 69.0 Å². The second kappa shape index (κ2) is 7.56. The van der Waals surface area contributed by atoms with Gasteiger partial charge >= 0.3 is 0 Å². The lowest BCUT2D eigenvalue weighted by Crippen LogP contribution is -2.45. The van der Waals surface area contributed by atoms with E-state index < -0.39 is 0 Å². The number of hydrogen-bond acceptors (Lipinski definition) is 5. The predicted octanol–water partition coefficient (Wildman–Crippen LogP) is 2.08. The first-order chi connectivity index (χ1) is 11.8. The Morgan fingerprint density at radius 3 is 3.04 bits per heavy atom. The first-order valence-corrected chi connectivity index (χ1v) is 9.40. The molecule has 0 spiro atoms. The van der Waals surface area contributed by atoms with E-state index >= 15 is 0 Å². The van der Waals surface area contributed by atoms with E-state index in [9.17, 15) is 0 Å². The summed E-state index contributed by atoms with van der Waals surface area (Å²) in [7, 11) is 2.16. The molecule has 3 saturated heterocycles. The van der Waals surface area contributed by atoms with Gasteiger partial charge in [-0.05, 0) is 50.4 Å². The van der Waals surface area contributed by atoms with Gasteiger partial charge in [0.05, 0.1) is 32.1 Å². The molecule has 134 valence electrons. The molecule has 0 aliphatic carbocycles. The normalized spacial score (nSPS) is 34.1. The topological polar surface area (TPSA) is 38.1 Å². The Labute approximate surface area is 144 Å². The van der Waals surface area contributed by atoms with Gasteiger partial charge in [0, 0.05) is 32.2 Å². The average Bonchev–Trinajstić information content (AvgIpc) is 3.30. The van der Waals surface area contributed by atoms with Crippen LogP contribution in [0.5, 0.6) is 0 Å². The lowest BCUT2D eigenvalue weighted by atomic mass is 9.83. The summed E-state index contributed by atoms with van der Waals surface area (Å²) in [6.07, 6.45) is 4.64.